The summed E-state index contributed by atoms with van der Waals surface area (Å²) in [5, 5.41) is 6.15. The smallest absolute Gasteiger partial charge is 0.262 e. The van der Waals surface area contributed by atoms with Crippen molar-refractivity contribution in [2.75, 3.05) is 36.5 Å². The van der Waals surface area contributed by atoms with Crippen molar-refractivity contribution in [3.63, 3.8) is 0 Å². The van der Waals surface area contributed by atoms with Gasteiger partial charge in [-0.15, -0.1) is 0 Å². The van der Waals surface area contributed by atoms with Gasteiger partial charge in [0.15, 0.2) is 11.5 Å². The molecule has 4 heterocycles. The van der Waals surface area contributed by atoms with Crippen LogP contribution in [0.4, 0.5) is 16.0 Å². The molecule has 1 aliphatic rings. The summed E-state index contributed by atoms with van der Waals surface area (Å²) in [5.74, 6) is -0.229. The number of halogens is 1. The number of hydrogen-bond donors (Lipinski definition) is 2. The van der Waals surface area contributed by atoms with E-state index in [0.717, 1.165) is 38.9 Å². The monoisotopic (exact) mass is 455 g/mol. The zero-order valence-electron chi connectivity index (χ0n) is 19.3. The molecule has 0 radical (unpaired) electrons. The van der Waals surface area contributed by atoms with Gasteiger partial charge in [-0.05, 0) is 53.1 Å². The van der Waals surface area contributed by atoms with Gasteiger partial charge in [-0.2, -0.15) is 4.98 Å². The molecule has 10 heteroatoms. The molecule has 1 unspecified atom stereocenters. The number of amides is 1. The van der Waals surface area contributed by atoms with Crippen LogP contribution in [0.25, 0.3) is 5.65 Å². The second kappa shape index (κ2) is 10.1. The number of imidazole rings is 1. The Hall–Kier alpha value is -3.27. The number of anilines is 2. The minimum absolute atomic E-state index is 0.196. The van der Waals surface area contributed by atoms with Crippen molar-refractivity contribution in [1.29, 1.82) is 0 Å². The van der Waals surface area contributed by atoms with Crippen LogP contribution in [-0.4, -0.2) is 57.5 Å². The molecule has 1 fully saturated rings. The topological polar surface area (TPSA) is 96.7 Å². The average molecular weight is 456 g/mol. The lowest BCUT2D eigenvalue weighted by atomic mass is 10.1. The van der Waals surface area contributed by atoms with E-state index in [9.17, 15) is 9.18 Å². The van der Waals surface area contributed by atoms with E-state index < -0.39 is 11.7 Å². The number of aryl methyl sites for hydroxylation is 1. The Morgan fingerprint density at radius 1 is 1.30 bits per heavy atom. The maximum Gasteiger partial charge on any atom is 0.262 e. The number of carbonyl (C=O) groups excluding carboxylic acids is 1. The summed E-state index contributed by atoms with van der Waals surface area (Å²) in [7, 11) is 0. The molecule has 1 amide bonds. The second-order valence-corrected chi connectivity index (χ2v) is 8.09. The van der Waals surface area contributed by atoms with Crippen molar-refractivity contribution in [2.24, 2.45) is 0 Å². The Morgan fingerprint density at radius 3 is 2.94 bits per heavy atom. The number of carbonyl (C=O) groups is 1. The molecule has 3 aromatic heterocycles. The van der Waals surface area contributed by atoms with E-state index in [1.54, 1.807) is 23.7 Å². The number of nitrogens with zero attached hydrogens (tertiary/aromatic N) is 5. The summed E-state index contributed by atoms with van der Waals surface area (Å²) < 4.78 is 21.7. The molecule has 3 aromatic rings. The molecule has 4 rings (SSSR count). The van der Waals surface area contributed by atoms with Crippen LogP contribution in [-0.2, 0) is 0 Å². The lowest BCUT2D eigenvalue weighted by Gasteiger charge is -2.30. The summed E-state index contributed by atoms with van der Waals surface area (Å²) in [6, 6.07) is 1.57. The second-order valence-electron chi connectivity index (χ2n) is 8.09. The standard InChI is InChI=1S/C23H30FN7O2/c1-4-31(17-7-6-9-25-10-8-17)23-26-12-18(22(29-23)33-5-2)21(32)28-16-11-19(24)20-27-15(3)13-30(20)14-16/h11-14,17,25H,4-10H2,1-3H3,(H,28,32). The predicted octanol–water partition coefficient (Wildman–Crippen LogP) is 3.19. The molecular formula is C23H30FN7O2. The molecule has 1 atom stereocenters. The van der Waals surface area contributed by atoms with Crippen molar-refractivity contribution in [1.82, 2.24) is 24.7 Å². The first-order valence-electron chi connectivity index (χ1n) is 11.4. The third kappa shape index (κ3) is 5.05. The Bertz CT molecular complexity index is 1130. The van der Waals surface area contributed by atoms with Crippen molar-refractivity contribution in [3.8, 4) is 5.88 Å². The van der Waals surface area contributed by atoms with Crippen LogP contribution in [0.3, 0.4) is 0 Å². The van der Waals surface area contributed by atoms with E-state index in [0.29, 0.717) is 30.0 Å². The van der Waals surface area contributed by atoms with E-state index in [2.05, 4.69) is 37.4 Å². The van der Waals surface area contributed by atoms with Crippen molar-refractivity contribution in [2.45, 2.75) is 46.1 Å². The van der Waals surface area contributed by atoms with Crippen LogP contribution in [0.5, 0.6) is 5.88 Å². The maximum atomic E-state index is 14.4. The highest BCUT2D eigenvalue weighted by Crippen LogP contribution is 2.24. The molecule has 176 valence electrons. The fourth-order valence-electron chi connectivity index (χ4n) is 4.22. The molecular weight excluding hydrogens is 425 g/mol. The average Bonchev–Trinajstić information content (AvgIpc) is 2.98. The van der Waals surface area contributed by atoms with Gasteiger partial charge in [-0.3, -0.25) is 4.79 Å². The summed E-state index contributed by atoms with van der Waals surface area (Å²) in [5.41, 5.74) is 1.39. The maximum absolute atomic E-state index is 14.4. The quantitative estimate of drug-likeness (QED) is 0.565. The zero-order chi connectivity index (χ0) is 23.4. The molecule has 9 nitrogen and oxygen atoms in total. The van der Waals surface area contributed by atoms with E-state index in [4.69, 9.17) is 4.74 Å². The minimum Gasteiger partial charge on any atom is -0.477 e. The normalized spacial score (nSPS) is 16.4. The molecule has 0 aromatic carbocycles. The molecule has 0 bridgehead atoms. The van der Waals surface area contributed by atoms with Gasteiger partial charge in [-0.25, -0.2) is 14.4 Å². The van der Waals surface area contributed by atoms with Crippen LogP contribution in [0.2, 0.25) is 0 Å². The first-order chi connectivity index (χ1) is 16.0. The lowest BCUT2D eigenvalue weighted by Crippen LogP contribution is -2.37. The number of fused-ring (bicyclic) bond motifs is 1. The highest BCUT2D eigenvalue weighted by Gasteiger charge is 2.24. The fourth-order valence-corrected chi connectivity index (χ4v) is 4.22. The van der Waals surface area contributed by atoms with Gasteiger partial charge in [0.25, 0.3) is 5.91 Å². The van der Waals surface area contributed by atoms with Crippen molar-refractivity contribution in [3.05, 3.63) is 41.7 Å². The molecule has 0 saturated carbocycles. The summed E-state index contributed by atoms with van der Waals surface area (Å²) in [4.78, 5) is 28.4. The Balaban J connectivity index is 1.59. The van der Waals surface area contributed by atoms with E-state index in [-0.39, 0.29) is 17.1 Å². The largest absolute Gasteiger partial charge is 0.477 e. The Kier molecular flexibility index (Phi) is 7.02. The summed E-state index contributed by atoms with van der Waals surface area (Å²) >= 11 is 0. The van der Waals surface area contributed by atoms with Crippen LogP contribution in [0.1, 0.15) is 49.2 Å². The molecule has 1 saturated heterocycles. The Labute approximate surface area is 192 Å². The van der Waals surface area contributed by atoms with Gasteiger partial charge in [0, 0.05) is 37.2 Å². The molecule has 33 heavy (non-hydrogen) atoms. The van der Waals surface area contributed by atoms with Crippen LogP contribution in [0.15, 0.2) is 24.7 Å². The van der Waals surface area contributed by atoms with Gasteiger partial charge >= 0.3 is 0 Å². The van der Waals surface area contributed by atoms with E-state index >= 15 is 0 Å². The predicted molar refractivity (Wildman–Crippen MR) is 125 cm³/mol. The van der Waals surface area contributed by atoms with Gasteiger partial charge in [0.1, 0.15) is 5.56 Å². The van der Waals surface area contributed by atoms with E-state index in [1.807, 2.05) is 6.92 Å². The third-order valence-corrected chi connectivity index (χ3v) is 5.73. The lowest BCUT2D eigenvalue weighted by molar-refractivity contribution is 0.102. The van der Waals surface area contributed by atoms with Gasteiger partial charge in [0.05, 0.1) is 18.0 Å². The SMILES string of the molecule is CCOc1nc(N(CC)C2CCCNCC2)ncc1C(=O)Nc1cc(F)c2nc(C)cn2c1. The number of pyridine rings is 1. The highest BCUT2D eigenvalue weighted by molar-refractivity contribution is 6.05. The van der Waals surface area contributed by atoms with Crippen LogP contribution < -0.4 is 20.3 Å². The Morgan fingerprint density at radius 2 is 2.15 bits per heavy atom. The number of hydrogen-bond acceptors (Lipinski definition) is 7. The first kappa shape index (κ1) is 22.9. The number of nitrogens with one attached hydrogen (secondary N) is 2. The van der Waals surface area contributed by atoms with Crippen molar-refractivity contribution >= 4 is 23.2 Å². The molecule has 1 aliphatic heterocycles. The fraction of sp³-hybridized carbons (Fsp3) is 0.478. The minimum atomic E-state index is -0.519. The van der Waals surface area contributed by atoms with Crippen LogP contribution >= 0.6 is 0 Å². The zero-order valence-corrected chi connectivity index (χ0v) is 19.3. The number of aromatic nitrogens is 4. The molecule has 0 spiro atoms. The first-order valence-corrected chi connectivity index (χ1v) is 11.4. The van der Waals surface area contributed by atoms with Gasteiger partial charge in [0.2, 0.25) is 11.8 Å². The number of rotatable bonds is 7. The number of ether oxygens (including phenoxy) is 1. The van der Waals surface area contributed by atoms with E-state index in [1.165, 1.54) is 12.3 Å². The molecule has 2 N–H and O–H groups in total. The molecule has 0 aliphatic carbocycles. The third-order valence-electron chi connectivity index (χ3n) is 5.73. The highest BCUT2D eigenvalue weighted by atomic mass is 19.1. The van der Waals surface area contributed by atoms with Gasteiger partial charge < -0.3 is 24.7 Å². The summed E-state index contributed by atoms with van der Waals surface area (Å²) in [6.45, 7) is 8.77. The summed E-state index contributed by atoms with van der Waals surface area (Å²) in [6.07, 6.45) is 7.95. The van der Waals surface area contributed by atoms with Crippen LogP contribution in [0, 0.1) is 12.7 Å². The van der Waals surface area contributed by atoms with Crippen molar-refractivity contribution < 1.29 is 13.9 Å². The van der Waals surface area contributed by atoms with Gasteiger partial charge in [-0.1, -0.05) is 0 Å².